The Balaban J connectivity index is 3.57. The molecule has 0 saturated carbocycles. The summed E-state index contributed by atoms with van der Waals surface area (Å²) in [6, 6.07) is 0. The monoisotopic (exact) mass is 125 g/mol. The van der Waals surface area contributed by atoms with Gasteiger partial charge in [-0.15, -0.1) is 0 Å². The predicted molar refractivity (Wildman–Crippen MR) is 23.9 cm³/mol. The lowest BCUT2D eigenvalue weighted by molar-refractivity contribution is 0.545. The van der Waals surface area contributed by atoms with Crippen LogP contribution in [0.3, 0.4) is 0 Å². The summed E-state index contributed by atoms with van der Waals surface area (Å²) in [5.41, 5.74) is 0. The molecule has 1 unspecified atom stereocenters. The van der Waals surface area contributed by atoms with E-state index in [0.717, 1.165) is 0 Å². The normalized spacial score (nSPS) is 13.7. The van der Waals surface area contributed by atoms with E-state index in [4.69, 9.17) is 11.6 Å². The van der Waals surface area contributed by atoms with E-state index in [1.165, 1.54) is 0 Å². The summed E-state index contributed by atoms with van der Waals surface area (Å²) in [4.78, 5) is 0. The molecule has 0 aliphatic rings. The van der Waals surface area contributed by atoms with Crippen molar-refractivity contribution in [3.63, 3.8) is 0 Å². The predicted octanol–water partition coefficient (Wildman–Crippen LogP) is 0.576. The topological polar surface area (TPSA) is 40.1 Å². The van der Waals surface area contributed by atoms with Crippen molar-refractivity contribution in [1.82, 2.24) is 0 Å². The Hall–Kier alpha value is 0.140. The zero-order valence-electron chi connectivity index (χ0n) is 2.81. The molecule has 0 aliphatic heterocycles. The summed E-state index contributed by atoms with van der Waals surface area (Å²) in [7, 11) is 0. The van der Waals surface area contributed by atoms with Crippen molar-refractivity contribution in [2.24, 2.45) is 0 Å². The molecular weight excluding hydrogens is 124 g/mol. The molecule has 6 heavy (non-hydrogen) atoms. The van der Waals surface area contributed by atoms with E-state index in [0.29, 0.717) is 0 Å². The molecule has 0 radical (unpaired) electrons. The Morgan fingerprint density at radius 3 is 2.17 bits per heavy atom. The van der Waals surface area contributed by atoms with Gasteiger partial charge in [0.15, 0.2) is 0 Å². The number of halogens is 1. The molecule has 0 aromatic heterocycles. The van der Waals surface area contributed by atoms with Gasteiger partial charge in [0.2, 0.25) is 0 Å². The highest BCUT2D eigenvalue weighted by atomic mass is 35.5. The molecule has 4 heteroatoms. The van der Waals surface area contributed by atoms with Gasteiger partial charge in [0, 0.05) is 0 Å². The standard InChI is InChI=1S/C2H3ClO2S/c1-2(3)6(4)5/h1H2,(H,4,5)/p-1. The summed E-state index contributed by atoms with van der Waals surface area (Å²) in [5.74, 6) is 0. The van der Waals surface area contributed by atoms with Gasteiger partial charge in [0.1, 0.15) is 0 Å². The lowest BCUT2D eigenvalue weighted by Gasteiger charge is -1.95. The molecule has 0 aromatic rings. The fourth-order valence-electron chi connectivity index (χ4n) is 0. The largest absolute Gasteiger partial charge is 0.768 e. The SMILES string of the molecule is C=C(Cl)S(=O)[O-]. The first-order chi connectivity index (χ1) is 2.64. The fraction of sp³-hybridized carbons (Fsp3) is 0. The van der Waals surface area contributed by atoms with Crippen molar-refractivity contribution in [3.05, 3.63) is 10.9 Å². The van der Waals surface area contributed by atoms with E-state index in [9.17, 15) is 8.76 Å². The lowest BCUT2D eigenvalue weighted by Crippen LogP contribution is -1.80. The number of rotatable bonds is 1. The summed E-state index contributed by atoms with van der Waals surface area (Å²) < 4.78 is 18.6. The van der Waals surface area contributed by atoms with Crippen molar-refractivity contribution >= 4 is 22.7 Å². The number of hydrogen-bond donors (Lipinski definition) is 0. The lowest BCUT2D eigenvalue weighted by atomic mass is 11.3. The van der Waals surface area contributed by atoms with E-state index < -0.39 is 11.1 Å². The molecule has 0 rings (SSSR count). The molecule has 0 aromatic carbocycles. The first-order valence-electron chi connectivity index (χ1n) is 1.08. The highest BCUT2D eigenvalue weighted by molar-refractivity contribution is 7.85. The zero-order valence-corrected chi connectivity index (χ0v) is 4.38. The van der Waals surface area contributed by atoms with Gasteiger partial charge in [-0.1, -0.05) is 18.2 Å². The Morgan fingerprint density at radius 1 is 2.00 bits per heavy atom. The summed E-state index contributed by atoms with van der Waals surface area (Å²) in [5, 5.41) is 0. The molecule has 0 amide bonds. The van der Waals surface area contributed by atoms with Crippen LogP contribution >= 0.6 is 11.6 Å². The van der Waals surface area contributed by atoms with Crippen molar-refractivity contribution in [1.29, 1.82) is 0 Å². The average Bonchev–Trinajstić information content (AvgIpc) is 1.36. The molecule has 0 spiro atoms. The minimum atomic E-state index is -2.30. The quantitative estimate of drug-likeness (QED) is 0.481. The van der Waals surface area contributed by atoms with E-state index in [2.05, 4.69) is 6.58 Å². The van der Waals surface area contributed by atoms with Crippen LogP contribution in [0, 0.1) is 0 Å². The van der Waals surface area contributed by atoms with E-state index in [1.54, 1.807) is 0 Å². The van der Waals surface area contributed by atoms with Crippen molar-refractivity contribution < 1.29 is 8.76 Å². The Morgan fingerprint density at radius 2 is 2.17 bits per heavy atom. The van der Waals surface area contributed by atoms with Gasteiger partial charge in [0.05, 0.1) is 4.36 Å². The second kappa shape index (κ2) is 2.34. The highest BCUT2D eigenvalue weighted by Gasteiger charge is 1.77. The van der Waals surface area contributed by atoms with Crippen LogP contribution in [0.15, 0.2) is 10.9 Å². The van der Waals surface area contributed by atoms with Crippen LogP contribution in [-0.2, 0) is 11.1 Å². The van der Waals surface area contributed by atoms with Crippen molar-refractivity contribution in [2.45, 2.75) is 0 Å². The number of hydrogen-bond acceptors (Lipinski definition) is 2. The van der Waals surface area contributed by atoms with Gasteiger partial charge in [-0.25, -0.2) is 0 Å². The molecule has 0 fully saturated rings. The second-order valence-corrected chi connectivity index (χ2v) is 2.23. The molecule has 36 valence electrons. The van der Waals surface area contributed by atoms with E-state index in [-0.39, 0.29) is 4.36 Å². The average molecular weight is 126 g/mol. The molecular formula is C2H2ClO2S-. The third kappa shape index (κ3) is 2.38. The molecule has 1 atom stereocenters. The minimum Gasteiger partial charge on any atom is -0.768 e. The maximum Gasteiger partial charge on any atom is 0.0835 e. The fourth-order valence-corrected chi connectivity index (χ4v) is 0. The molecule has 0 heterocycles. The maximum absolute atomic E-state index is 9.47. The Labute approximate surface area is 43.1 Å². The summed E-state index contributed by atoms with van der Waals surface area (Å²) >= 11 is 2.51. The van der Waals surface area contributed by atoms with Crippen LogP contribution in [0.4, 0.5) is 0 Å². The molecule has 2 nitrogen and oxygen atoms in total. The Kier molecular flexibility index (Phi) is 2.39. The van der Waals surface area contributed by atoms with Gasteiger partial charge < -0.3 is 4.55 Å². The second-order valence-electron chi connectivity index (χ2n) is 0.590. The van der Waals surface area contributed by atoms with Crippen LogP contribution in [0.2, 0.25) is 0 Å². The molecule has 0 aliphatic carbocycles. The van der Waals surface area contributed by atoms with E-state index in [1.807, 2.05) is 0 Å². The minimum absolute atomic E-state index is 0.352. The third-order valence-corrected chi connectivity index (χ3v) is 0.921. The van der Waals surface area contributed by atoms with Crippen LogP contribution in [0.1, 0.15) is 0 Å². The summed E-state index contributed by atoms with van der Waals surface area (Å²) in [6.45, 7) is 2.91. The zero-order chi connectivity index (χ0) is 5.15. The maximum atomic E-state index is 9.47. The van der Waals surface area contributed by atoms with Crippen LogP contribution in [0.25, 0.3) is 0 Å². The van der Waals surface area contributed by atoms with Crippen LogP contribution < -0.4 is 0 Å². The smallest absolute Gasteiger partial charge is 0.0835 e. The molecule has 0 saturated heterocycles. The first kappa shape index (κ1) is 6.14. The molecule has 0 bridgehead atoms. The van der Waals surface area contributed by atoms with Gasteiger partial charge in [-0.3, -0.25) is 4.21 Å². The van der Waals surface area contributed by atoms with Crippen LogP contribution in [0.5, 0.6) is 0 Å². The summed E-state index contributed by atoms with van der Waals surface area (Å²) in [6.07, 6.45) is 0. The van der Waals surface area contributed by atoms with Crippen molar-refractivity contribution in [2.75, 3.05) is 0 Å². The highest BCUT2D eigenvalue weighted by Crippen LogP contribution is 1.97. The van der Waals surface area contributed by atoms with Gasteiger partial charge in [-0.2, -0.15) is 0 Å². The van der Waals surface area contributed by atoms with Gasteiger partial charge >= 0.3 is 0 Å². The third-order valence-electron chi connectivity index (χ3n) is 0.181. The molecule has 0 N–H and O–H groups in total. The van der Waals surface area contributed by atoms with Gasteiger partial charge in [0.25, 0.3) is 0 Å². The van der Waals surface area contributed by atoms with Gasteiger partial charge in [-0.05, 0) is 11.1 Å². The first-order valence-corrected chi connectivity index (χ1v) is 2.53. The van der Waals surface area contributed by atoms with Crippen molar-refractivity contribution in [3.8, 4) is 0 Å². The van der Waals surface area contributed by atoms with E-state index >= 15 is 0 Å². The van der Waals surface area contributed by atoms with Crippen LogP contribution in [-0.4, -0.2) is 8.76 Å². The Bertz CT molecular complexity index is 77.5.